The molecule has 0 atom stereocenters. The van der Waals surface area contributed by atoms with Crippen LogP contribution in [-0.2, 0) is 4.74 Å². The van der Waals surface area contributed by atoms with Crippen LogP contribution in [0.1, 0.15) is 0 Å². The van der Waals surface area contributed by atoms with Crippen molar-refractivity contribution in [2.75, 3.05) is 25.4 Å². The van der Waals surface area contributed by atoms with Crippen LogP contribution in [0.15, 0.2) is 0 Å². The Balaban J connectivity index is 0.000000120. The number of cyclic esters (lactones) is 1. The summed E-state index contributed by atoms with van der Waals surface area (Å²) in [5.74, 6) is 0.943. The summed E-state index contributed by atoms with van der Waals surface area (Å²) in [4.78, 5) is 20.0. The summed E-state index contributed by atoms with van der Waals surface area (Å²) in [5.41, 5.74) is 0. The van der Waals surface area contributed by atoms with Crippen molar-refractivity contribution in [3.8, 4) is 0 Å². The molecule has 0 aromatic carbocycles. The zero-order valence-electron chi connectivity index (χ0n) is 6.46. The van der Waals surface area contributed by atoms with Gasteiger partial charge in [-0.25, -0.2) is 4.79 Å². The highest BCUT2D eigenvalue weighted by molar-refractivity contribution is 8.13. The third-order valence-corrected chi connectivity index (χ3v) is 2.02. The lowest BCUT2D eigenvalue weighted by atomic mass is 10.7. The van der Waals surface area contributed by atoms with Gasteiger partial charge in [0.25, 0.3) is 5.24 Å². The number of thioether (sulfide) groups is 1. The number of ether oxygens (including phenoxy) is 1. The van der Waals surface area contributed by atoms with E-state index in [1.165, 1.54) is 11.8 Å². The number of carbonyl (C=O) groups excluding carboxylic acids is 2. The lowest BCUT2D eigenvalue weighted by molar-refractivity contribution is 0.178. The minimum atomic E-state index is -0.296. The van der Waals surface area contributed by atoms with E-state index in [2.05, 4.69) is 15.4 Å². The molecule has 0 unspecified atom stereocenters. The van der Waals surface area contributed by atoms with Crippen LogP contribution in [0, 0.1) is 0 Å². The maximum atomic E-state index is 10.1. The molecule has 2 saturated heterocycles. The van der Waals surface area contributed by atoms with Crippen molar-refractivity contribution in [1.82, 2.24) is 10.6 Å². The second kappa shape index (κ2) is 4.87. The van der Waals surface area contributed by atoms with Crippen molar-refractivity contribution in [2.45, 2.75) is 0 Å². The molecule has 0 bridgehead atoms. The summed E-state index contributed by atoms with van der Waals surface area (Å²) in [6.45, 7) is 2.04. The summed E-state index contributed by atoms with van der Waals surface area (Å²) in [7, 11) is 0. The Morgan fingerprint density at radius 3 is 2.25 bits per heavy atom. The first-order chi connectivity index (χ1) is 5.79. The highest BCUT2D eigenvalue weighted by Gasteiger charge is 2.06. The molecule has 0 radical (unpaired) electrons. The molecule has 5 nitrogen and oxygen atoms in total. The van der Waals surface area contributed by atoms with Crippen LogP contribution in [0.4, 0.5) is 9.59 Å². The smallest absolute Gasteiger partial charge is 0.407 e. The molecule has 0 saturated carbocycles. The molecule has 0 aromatic rings. The first kappa shape index (κ1) is 9.18. The molecule has 0 aliphatic carbocycles. The van der Waals surface area contributed by atoms with Crippen LogP contribution in [0.5, 0.6) is 0 Å². The van der Waals surface area contributed by atoms with Gasteiger partial charge >= 0.3 is 6.09 Å². The largest absolute Gasteiger partial charge is 0.448 e. The minimum absolute atomic E-state index is 0.120. The Morgan fingerprint density at radius 2 is 2.08 bits per heavy atom. The number of amides is 2. The molecule has 2 aliphatic heterocycles. The van der Waals surface area contributed by atoms with Crippen LogP contribution >= 0.6 is 11.8 Å². The van der Waals surface area contributed by atoms with Gasteiger partial charge in [-0.2, -0.15) is 0 Å². The fourth-order valence-electron chi connectivity index (χ4n) is 0.696. The van der Waals surface area contributed by atoms with Gasteiger partial charge in [-0.05, 0) is 0 Å². The van der Waals surface area contributed by atoms with E-state index in [4.69, 9.17) is 0 Å². The van der Waals surface area contributed by atoms with Gasteiger partial charge < -0.3 is 15.4 Å². The number of hydrogen-bond acceptors (Lipinski definition) is 4. The molecule has 2 rings (SSSR count). The van der Waals surface area contributed by atoms with Crippen molar-refractivity contribution in [1.29, 1.82) is 0 Å². The number of carbonyl (C=O) groups is 2. The fourth-order valence-corrected chi connectivity index (χ4v) is 1.29. The average molecular weight is 190 g/mol. The van der Waals surface area contributed by atoms with Gasteiger partial charge in [-0.1, -0.05) is 11.8 Å². The predicted octanol–water partition coefficient (Wildman–Crippen LogP) is 0.169. The molecule has 2 amide bonds. The monoisotopic (exact) mass is 190 g/mol. The van der Waals surface area contributed by atoms with Crippen LogP contribution in [0.25, 0.3) is 0 Å². The summed E-state index contributed by atoms with van der Waals surface area (Å²) >= 11 is 1.35. The standard InChI is InChI=1S/C3H5NO2.C3H5NOS/c2*5-3-4-1-2-6-3/h2*1-2H2,(H,4,5). The molecule has 2 N–H and O–H groups in total. The summed E-state index contributed by atoms with van der Waals surface area (Å²) in [6, 6.07) is 0. The van der Waals surface area contributed by atoms with E-state index in [0.717, 1.165) is 12.3 Å². The van der Waals surface area contributed by atoms with Crippen molar-refractivity contribution in [2.24, 2.45) is 0 Å². The van der Waals surface area contributed by atoms with E-state index in [1.807, 2.05) is 0 Å². The van der Waals surface area contributed by atoms with Crippen molar-refractivity contribution >= 4 is 23.1 Å². The summed E-state index contributed by atoms with van der Waals surface area (Å²) < 4.78 is 4.40. The quantitative estimate of drug-likeness (QED) is 0.571. The zero-order chi connectivity index (χ0) is 8.81. The van der Waals surface area contributed by atoms with Gasteiger partial charge in [0.1, 0.15) is 6.61 Å². The predicted molar refractivity (Wildman–Crippen MR) is 45.2 cm³/mol. The Hall–Kier alpha value is -0.910. The highest BCUT2D eigenvalue weighted by atomic mass is 32.2. The Bertz CT molecular complexity index is 150. The minimum Gasteiger partial charge on any atom is -0.448 e. The normalized spacial score (nSPS) is 20.3. The van der Waals surface area contributed by atoms with Crippen LogP contribution in [0.3, 0.4) is 0 Å². The zero-order valence-corrected chi connectivity index (χ0v) is 7.28. The number of hydrogen-bond donors (Lipinski definition) is 2. The first-order valence-electron chi connectivity index (χ1n) is 3.60. The topological polar surface area (TPSA) is 67.4 Å². The molecule has 2 heterocycles. The third-order valence-electron chi connectivity index (χ3n) is 1.21. The SMILES string of the molecule is O=C1NCCO1.O=C1NCCS1. The van der Waals surface area contributed by atoms with E-state index in [0.29, 0.717) is 13.2 Å². The second-order valence-electron chi connectivity index (χ2n) is 2.13. The second-order valence-corrected chi connectivity index (χ2v) is 3.19. The molecular formula is C6H10N2O3S. The van der Waals surface area contributed by atoms with Gasteiger partial charge in [0.2, 0.25) is 0 Å². The fraction of sp³-hybridized carbons (Fsp3) is 0.667. The lowest BCUT2D eigenvalue weighted by Crippen LogP contribution is -2.11. The van der Waals surface area contributed by atoms with Gasteiger partial charge in [0.15, 0.2) is 0 Å². The lowest BCUT2D eigenvalue weighted by Gasteiger charge is -1.80. The first-order valence-corrected chi connectivity index (χ1v) is 4.59. The van der Waals surface area contributed by atoms with Crippen LogP contribution < -0.4 is 10.6 Å². The summed E-state index contributed by atoms with van der Waals surface area (Å²) in [5, 5.41) is 5.22. The van der Waals surface area contributed by atoms with Gasteiger partial charge in [-0.15, -0.1) is 0 Å². The van der Waals surface area contributed by atoms with Crippen molar-refractivity contribution in [3.05, 3.63) is 0 Å². The molecule has 12 heavy (non-hydrogen) atoms. The maximum absolute atomic E-state index is 10.1. The van der Waals surface area contributed by atoms with Crippen LogP contribution in [-0.4, -0.2) is 36.8 Å². The van der Waals surface area contributed by atoms with E-state index in [1.54, 1.807) is 0 Å². The van der Waals surface area contributed by atoms with E-state index in [-0.39, 0.29) is 11.3 Å². The number of rotatable bonds is 0. The van der Waals surface area contributed by atoms with E-state index in [9.17, 15) is 9.59 Å². The van der Waals surface area contributed by atoms with Gasteiger partial charge in [0.05, 0.1) is 6.54 Å². The summed E-state index contributed by atoms with van der Waals surface area (Å²) in [6.07, 6.45) is -0.296. The Morgan fingerprint density at radius 1 is 1.25 bits per heavy atom. The maximum Gasteiger partial charge on any atom is 0.407 e. The van der Waals surface area contributed by atoms with Crippen molar-refractivity contribution in [3.63, 3.8) is 0 Å². The number of alkyl carbamates (subject to hydrolysis) is 1. The number of nitrogens with one attached hydrogen (secondary N) is 2. The van der Waals surface area contributed by atoms with E-state index >= 15 is 0 Å². The molecule has 68 valence electrons. The molecule has 2 fully saturated rings. The molecular weight excluding hydrogens is 180 g/mol. The third kappa shape index (κ3) is 3.47. The molecule has 0 spiro atoms. The average Bonchev–Trinajstić information content (AvgIpc) is 2.63. The van der Waals surface area contributed by atoms with Gasteiger partial charge in [0, 0.05) is 12.3 Å². The van der Waals surface area contributed by atoms with Gasteiger partial charge in [-0.3, -0.25) is 4.79 Å². The molecule has 2 aliphatic rings. The van der Waals surface area contributed by atoms with Crippen LogP contribution in [0.2, 0.25) is 0 Å². The van der Waals surface area contributed by atoms with E-state index < -0.39 is 0 Å². The molecule has 6 heteroatoms. The highest BCUT2D eigenvalue weighted by Crippen LogP contribution is 2.04. The van der Waals surface area contributed by atoms with Crippen molar-refractivity contribution < 1.29 is 14.3 Å². The Labute approximate surface area is 74.2 Å². The Kier molecular flexibility index (Phi) is 3.72. The molecule has 0 aromatic heterocycles.